The van der Waals surface area contributed by atoms with Gasteiger partial charge in [-0.2, -0.15) is 5.10 Å². The Hall–Kier alpha value is -1.08. The molecule has 5 nitrogen and oxygen atoms in total. The molecule has 0 fully saturated rings. The third kappa shape index (κ3) is 2.13. The molecule has 0 unspecified atom stereocenters. The minimum atomic E-state index is -3.32. The number of nitrogens with one attached hydrogen (secondary N) is 2. The Kier molecular flexibility index (Phi) is 2.66. The van der Waals surface area contributed by atoms with Gasteiger partial charge in [-0.3, -0.25) is 9.82 Å². The Morgan fingerprint density at radius 3 is 3.00 bits per heavy atom. The summed E-state index contributed by atoms with van der Waals surface area (Å²) < 4.78 is 25.0. The van der Waals surface area contributed by atoms with E-state index in [1.54, 1.807) is 18.3 Å². The standard InChI is InChI=1S/C8H8BrN3O2S/c9-5-15(13,14)12-7-3-1-2-6-4-10-11-8(6)7/h1-4,12H,5H2,(H,10,11). The van der Waals surface area contributed by atoms with Crippen LogP contribution in [0.3, 0.4) is 0 Å². The molecular weight excluding hydrogens is 282 g/mol. The lowest BCUT2D eigenvalue weighted by Gasteiger charge is -2.05. The van der Waals surface area contributed by atoms with Crippen molar-refractivity contribution in [2.45, 2.75) is 0 Å². The molecule has 0 atom stereocenters. The summed E-state index contributed by atoms with van der Waals surface area (Å²) >= 11 is 2.91. The minimum absolute atomic E-state index is 0.134. The van der Waals surface area contributed by atoms with Crippen molar-refractivity contribution in [3.05, 3.63) is 24.4 Å². The number of para-hydroxylation sites is 1. The summed E-state index contributed by atoms with van der Waals surface area (Å²) in [6.45, 7) is 0. The number of aromatic nitrogens is 2. The van der Waals surface area contributed by atoms with E-state index < -0.39 is 10.0 Å². The molecule has 0 amide bonds. The molecule has 80 valence electrons. The second-order valence-corrected chi connectivity index (χ2v) is 5.99. The molecule has 7 heteroatoms. The van der Waals surface area contributed by atoms with Gasteiger partial charge >= 0.3 is 0 Å². The monoisotopic (exact) mass is 289 g/mol. The number of rotatable bonds is 3. The van der Waals surface area contributed by atoms with Crippen LogP contribution in [0.5, 0.6) is 0 Å². The molecule has 0 aliphatic rings. The van der Waals surface area contributed by atoms with E-state index in [-0.39, 0.29) is 4.66 Å². The summed E-state index contributed by atoms with van der Waals surface area (Å²) in [6, 6.07) is 5.30. The van der Waals surface area contributed by atoms with E-state index in [0.717, 1.165) is 5.39 Å². The van der Waals surface area contributed by atoms with Gasteiger partial charge in [-0.15, -0.1) is 0 Å². The normalized spacial score (nSPS) is 11.8. The van der Waals surface area contributed by atoms with Crippen molar-refractivity contribution in [3.63, 3.8) is 0 Å². The average Bonchev–Trinajstić information content (AvgIpc) is 2.66. The highest BCUT2D eigenvalue weighted by molar-refractivity contribution is 9.10. The first-order valence-electron chi connectivity index (χ1n) is 4.11. The van der Waals surface area contributed by atoms with Gasteiger partial charge in [-0.1, -0.05) is 28.1 Å². The Morgan fingerprint density at radius 2 is 2.27 bits per heavy atom. The molecule has 0 aliphatic carbocycles. The summed E-state index contributed by atoms with van der Waals surface area (Å²) in [5.74, 6) is 0. The number of anilines is 1. The lowest BCUT2D eigenvalue weighted by atomic mass is 10.2. The number of H-pyrrole nitrogens is 1. The second kappa shape index (κ2) is 3.82. The second-order valence-electron chi connectivity index (χ2n) is 2.97. The van der Waals surface area contributed by atoms with Crippen molar-refractivity contribution >= 4 is 42.5 Å². The predicted molar refractivity (Wildman–Crippen MR) is 62.4 cm³/mol. The van der Waals surface area contributed by atoms with E-state index in [2.05, 4.69) is 30.8 Å². The van der Waals surface area contributed by atoms with Crippen LogP contribution < -0.4 is 4.72 Å². The van der Waals surface area contributed by atoms with Crippen LogP contribution in [0.25, 0.3) is 10.9 Å². The summed E-state index contributed by atoms with van der Waals surface area (Å²) in [6.07, 6.45) is 1.64. The van der Waals surface area contributed by atoms with Crippen molar-refractivity contribution in [1.82, 2.24) is 10.2 Å². The minimum Gasteiger partial charge on any atom is -0.281 e. The number of hydrogen-bond acceptors (Lipinski definition) is 3. The van der Waals surface area contributed by atoms with Gasteiger partial charge in [0.2, 0.25) is 10.0 Å². The first-order chi connectivity index (χ1) is 7.12. The van der Waals surface area contributed by atoms with Gasteiger partial charge in [-0.25, -0.2) is 8.42 Å². The van der Waals surface area contributed by atoms with Gasteiger partial charge in [0.1, 0.15) is 4.66 Å². The highest BCUT2D eigenvalue weighted by Crippen LogP contribution is 2.21. The quantitative estimate of drug-likeness (QED) is 0.844. The maximum Gasteiger partial charge on any atom is 0.242 e. The van der Waals surface area contributed by atoms with Crippen LogP contribution in [0.1, 0.15) is 0 Å². The van der Waals surface area contributed by atoms with Crippen molar-refractivity contribution < 1.29 is 8.42 Å². The fourth-order valence-electron chi connectivity index (χ4n) is 1.25. The number of nitrogens with zero attached hydrogens (tertiary/aromatic N) is 1. The average molecular weight is 290 g/mol. The molecule has 0 spiro atoms. The number of benzene rings is 1. The molecule has 2 N–H and O–H groups in total. The number of halogens is 1. The Bertz CT molecular complexity index is 578. The summed E-state index contributed by atoms with van der Waals surface area (Å²) in [5, 5.41) is 7.45. The van der Waals surface area contributed by atoms with Gasteiger partial charge < -0.3 is 0 Å². The van der Waals surface area contributed by atoms with Gasteiger partial charge in [0, 0.05) is 5.39 Å². The molecule has 0 saturated heterocycles. The third-order valence-electron chi connectivity index (χ3n) is 1.89. The first-order valence-corrected chi connectivity index (χ1v) is 6.88. The van der Waals surface area contributed by atoms with Crippen LogP contribution in [0.15, 0.2) is 24.4 Å². The largest absolute Gasteiger partial charge is 0.281 e. The van der Waals surface area contributed by atoms with Crippen LogP contribution in [-0.2, 0) is 10.0 Å². The van der Waals surface area contributed by atoms with Gasteiger partial charge in [0.25, 0.3) is 0 Å². The zero-order valence-electron chi connectivity index (χ0n) is 7.57. The Morgan fingerprint density at radius 1 is 1.47 bits per heavy atom. The number of aromatic amines is 1. The van der Waals surface area contributed by atoms with E-state index in [1.807, 2.05) is 6.07 Å². The van der Waals surface area contributed by atoms with Crippen LogP contribution in [0.2, 0.25) is 0 Å². The van der Waals surface area contributed by atoms with Gasteiger partial charge in [0.15, 0.2) is 0 Å². The van der Waals surface area contributed by atoms with Crippen LogP contribution >= 0.6 is 15.9 Å². The van der Waals surface area contributed by atoms with Crippen LogP contribution in [-0.4, -0.2) is 23.3 Å². The van der Waals surface area contributed by atoms with Gasteiger partial charge in [0.05, 0.1) is 17.4 Å². The fourth-order valence-corrected chi connectivity index (χ4v) is 2.15. The molecule has 2 rings (SSSR count). The number of fused-ring (bicyclic) bond motifs is 1. The number of alkyl halides is 1. The maximum atomic E-state index is 11.3. The summed E-state index contributed by atoms with van der Waals surface area (Å²) in [7, 11) is -3.32. The molecule has 0 radical (unpaired) electrons. The molecule has 1 aromatic heterocycles. The summed E-state index contributed by atoms with van der Waals surface area (Å²) in [5.41, 5.74) is 1.19. The molecule has 1 heterocycles. The number of sulfonamides is 1. The molecule has 0 saturated carbocycles. The van der Waals surface area contributed by atoms with Crippen LogP contribution in [0, 0.1) is 0 Å². The molecule has 1 aromatic carbocycles. The fraction of sp³-hybridized carbons (Fsp3) is 0.125. The van der Waals surface area contributed by atoms with E-state index in [1.165, 1.54) is 0 Å². The van der Waals surface area contributed by atoms with Gasteiger partial charge in [-0.05, 0) is 6.07 Å². The first kappa shape index (κ1) is 10.4. The molecule has 0 bridgehead atoms. The highest BCUT2D eigenvalue weighted by atomic mass is 79.9. The topological polar surface area (TPSA) is 74.8 Å². The lowest BCUT2D eigenvalue weighted by molar-refractivity contribution is 0.606. The van der Waals surface area contributed by atoms with Crippen molar-refractivity contribution in [2.24, 2.45) is 0 Å². The number of hydrogen-bond donors (Lipinski definition) is 2. The Balaban J connectivity index is 2.48. The lowest BCUT2D eigenvalue weighted by Crippen LogP contribution is -2.13. The van der Waals surface area contributed by atoms with Crippen LogP contribution in [0.4, 0.5) is 5.69 Å². The van der Waals surface area contributed by atoms with E-state index in [4.69, 9.17) is 0 Å². The zero-order valence-corrected chi connectivity index (χ0v) is 9.97. The smallest absolute Gasteiger partial charge is 0.242 e. The SMILES string of the molecule is O=S(=O)(CBr)Nc1cccc2cn[nH]c12. The van der Waals surface area contributed by atoms with Crippen molar-refractivity contribution in [1.29, 1.82) is 0 Å². The molecule has 2 aromatic rings. The Labute approximate surface area is 95.1 Å². The van der Waals surface area contributed by atoms with Crippen molar-refractivity contribution in [2.75, 3.05) is 9.38 Å². The molecular formula is C8H8BrN3O2S. The predicted octanol–water partition coefficient (Wildman–Crippen LogP) is 1.66. The molecule has 0 aliphatic heterocycles. The zero-order chi connectivity index (χ0) is 10.9. The highest BCUT2D eigenvalue weighted by Gasteiger charge is 2.10. The van der Waals surface area contributed by atoms with E-state index in [9.17, 15) is 8.42 Å². The summed E-state index contributed by atoms with van der Waals surface area (Å²) in [4.78, 5) is 0. The maximum absolute atomic E-state index is 11.3. The van der Waals surface area contributed by atoms with Crippen molar-refractivity contribution in [3.8, 4) is 0 Å². The van der Waals surface area contributed by atoms with E-state index >= 15 is 0 Å². The van der Waals surface area contributed by atoms with E-state index in [0.29, 0.717) is 11.2 Å². The third-order valence-corrected chi connectivity index (χ3v) is 4.51. The molecule has 15 heavy (non-hydrogen) atoms.